The third kappa shape index (κ3) is 4.58. The molecule has 3 rings (SSSR count). The first-order chi connectivity index (χ1) is 13.1. The summed E-state index contributed by atoms with van der Waals surface area (Å²) in [5.41, 5.74) is 1.39. The molecule has 27 heavy (non-hydrogen) atoms. The molecule has 1 heterocycles. The van der Waals surface area contributed by atoms with Gasteiger partial charge in [0.05, 0.1) is 19.3 Å². The molecule has 0 aliphatic carbocycles. The van der Waals surface area contributed by atoms with Crippen molar-refractivity contribution in [2.45, 2.75) is 13.3 Å². The Morgan fingerprint density at radius 1 is 1.07 bits per heavy atom. The SMILES string of the molecule is CCOc1ccc(Cc2c(O)nc(Nc3ccc(OC)cc3)[nH]c2=O)cc1. The van der Waals surface area contributed by atoms with Crippen molar-refractivity contribution >= 4 is 11.6 Å². The molecule has 3 N–H and O–H groups in total. The maximum Gasteiger partial charge on any atom is 0.259 e. The average molecular weight is 367 g/mol. The monoisotopic (exact) mass is 367 g/mol. The molecule has 0 saturated heterocycles. The molecule has 0 atom stereocenters. The zero-order valence-corrected chi connectivity index (χ0v) is 15.2. The van der Waals surface area contributed by atoms with Crippen LogP contribution >= 0.6 is 0 Å². The van der Waals surface area contributed by atoms with Crippen LogP contribution in [0.2, 0.25) is 0 Å². The number of rotatable bonds is 7. The van der Waals surface area contributed by atoms with Crippen LogP contribution in [-0.4, -0.2) is 28.8 Å². The van der Waals surface area contributed by atoms with E-state index in [4.69, 9.17) is 9.47 Å². The van der Waals surface area contributed by atoms with Crippen molar-refractivity contribution in [3.8, 4) is 17.4 Å². The fourth-order valence-electron chi connectivity index (χ4n) is 2.59. The van der Waals surface area contributed by atoms with Gasteiger partial charge in [-0.05, 0) is 48.9 Å². The van der Waals surface area contributed by atoms with E-state index in [2.05, 4.69) is 15.3 Å². The van der Waals surface area contributed by atoms with E-state index in [-0.39, 0.29) is 23.8 Å². The Hall–Kier alpha value is -3.48. The third-order valence-corrected chi connectivity index (χ3v) is 3.96. The van der Waals surface area contributed by atoms with Crippen molar-refractivity contribution in [1.82, 2.24) is 9.97 Å². The number of aromatic amines is 1. The van der Waals surface area contributed by atoms with Gasteiger partial charge >= 0.3 is 0 Å². The maximum absolute atomic E-state index is 12.4. The van der Waals surface area contributed by atoms with Gasteiger partial charge in [-0.1, -0.05) is 12.1 Å². The average Bonchev–Trinajstić information content (AvgIpc) is 2.67. The first-order valence-corrected chi connectivity index (χ1v) is 8.54. The van der Waals surface area contributed by atoms with Crippen molar-refractivity contribution in [3.63, 3.8) is 0 Å². The number of nitrogens with one attached hydrogen (secondary N) is 2. The Balaban J connectivity index is 1.76. The summed E-state index contributed by atoms with van der Waals surface area (Å²) in [7, 11) is 1.59. The van der Waals surface area contributed by atoms with E-state index < -0.39 is 5.56 Å². The van der Waals surface area contributed by atoms with E-state index in [1.54, 1.807) is 31.4 Å². The van der Waals surface area contributed by atoms with Crippen molar-refractivity contribution < 1.29 is 14.6 Å². The minimum atomic E-state index is -0.396. The number of aromatic nitrogens is 2. The minimum absolute atomic E-state index is 0.165. The van der Waals surface area contributed by atoms with Gasteiger partial charge in [-0.3, -0.25) is 9.78 Å². The summed E-state index contributed by atoms with van der Waals surface area (Å²) in [4.78, 5) is 19.1. The molecule has 0 saturated carbocycles. The summed E-state index contributed by atoms with van der Waals surface area (Å²) in [6.45, 7) is 2.51. The summed E-state index contributed by atoms with van der Waals surface area (Å²) in [6, 6.07) is 14.5. The lowest BCUT2D eigenvalue weighted by atomic mass is 10.1. The number of methoxy groups -OCH3 is 1. The van der Waals surface area contributed by atoms with Crippen LogP contribution in [0, 0.1) is 0 Å². The molecule has 7 nitrogen and oxygen atoms in total. The van der Waals surface area contributed by atoms with Crippen LogP contribution in [0.5, 0.6) is 17.4 Å². The molecule has 0 aliphatic heterocycles. The summed E-state index contributed by atoms with van der Waals surface area (Å²) in [5.74, 6) is 1.34. The van der Waals surface area contributed by atoms with Crippen LogP contribution in [0.25, 0.3) is 0 Å². The Kier molecular flexibility index (Phi) is 5.61. The topological polar surface area (TPSA) is 96.5 Å². The van der Waals surface area contributed by atoms with Crippen molar-refractivity contribution in [3.05, 3.63) is 70.0 Å². The van der Waals surface area contributed by atoms with Crippen molar-refractivity contribution in [2.24, 2.45) is 0 Å². The first-order valence-electron chi connectivity index (χ1n) is 8.54. The van der Waals surface area contributed by atoms with Crippen LogP contribution in [0.3, 0.4) is 0 Å². The van der Waals surface area contributed by atoms with Gasteiger partial charge in [0.1, 0.15) is 11.5 Å². The maximum atomic E-state index is 12.4. The molecular formula is C20H21N3O4. The molecule has 0 aliphatic rings. The van der Waals surface area contributed by atoms with Crippen LogP contribution < -0.4 is 20.3 Å². The van der Waals surface area contributed by atoms with E-state index in [0.717, 1.165) is 17.1 Å². The molecule has 2 aromatic carbocycles. The van der Waals surface area contributed by atoms with Crippen LogP contribution in [0.15, 0.2) is 53.3 Å². The van der Waals surface area contributed by atoms with Gasteiger partial charge in [0.15, 0.2) is 0 Å². The number of hydrogen-bond donors (Lipinski definition) is 3. The minimum Gasteiger partial charge on any atom is -0.497 e. The van der Waals surface area contributed by atoms with E-state index >= 15 is 0 Å². The largest absolute Gasteiger partial charge is 0.497 e. The molecule has 7 heteroatoms. The first kappa shape index (κ1) is 18.3. The normalized spacial score (nSPS) is 10.4. The number of H-pyrrole nitrogens is 1. The highest BCUT2D eigenvalue weighted by Crippen LogP contribution is 2.21. The van der Waals surface area contributed by atoms with E-state index in [1.807, 2.05) is 31.2 Å². The lowest BCUT2D eigenvalue weighted by Gasteiger charge is -2.09. The van der Waals surface area contributed by atoms with E-state index in [1.165, 1.54) is 0 Å². The number of ether oxygens (including phenoxy) is 2. The van der Waals surface area contributed by atoms with Crippen molar-refractivity contribution in [1.29, 1.82) is 0 Å². The second kappa shape index (κ2) is 8.27. The number of nitrogens with zero attached hydrogens (tertiary/aromatic N) is 1. The van der Waals surface area contributed by atoms with Gasteiger partial charge < -0.3 is 19.9 Å². The summed E-state index contributed by atoms with van der Waals surface area (Å²) < 4.78 is 10.5. The van der Waals surface area contributed by atoms with Gasteiger partial charge in [-0.2, -0.15) is 4.98 Å². The Morgan fingerprint density at radius 3 is 2.33 bits per heavy atom. The number of benzene rings is 2. The molecule has 0 bridgehead atoms. The van der Waals surface area contributed by atoms with Gasteiger partial charge in [0.2, 0.25) is 11.8 Å². The molecule has 0 amide bonds. The fourth-order valence-corrected chi connectivity index (χ4v) is 2.59. The molecule has 140 valence electrons. The zero-order chi connectivity index (χ0) is 19.2. The second-order valence-electron chi connectivity index (χ2n) is 5.82. The van der Waals surface area contributed by atoms with E-state index in [0.29, 0.717) is 12.3 Å². The highest BCUT2D eigenvalue weighted by atomic mass is 16.5. The Morgan fingerprint density at radius 2 is 1.74 bits per heavy atom. The zero-order valence-electron chi connectivity index (χ0n) is 15.2. The molecule has 0 radical (unpaired) electrons. The third-order valence-electron chi connectivity index (χ3n) is 3.96. The van der Waals surface area contributed by atoms with Gasteiger partial charge in [-0.25, -0.2) is 0 Å². The lowest BCUT2D eigenvalue weighted by Crippen LogP contribution is -2.16. The van der Waals surface area contributed by atoms with Gasteiger partial charge in [-0.15, -0.1) is 0 Å². The fraction of sp³-hybridized carbons (Fsp3) is 0.200. The summed E-state index contributed by atoms with van der Waals surface area (Å²) in [5, 5.41) is 13.2. The molecule has 0 unspecified atom stereocenters. The number of anilines is 2. The standard InChI is InChI=1S/C20H21N3O4/c1-3-27-16-8-4-13(5-9-16)12-17-18(24)22-20(23-19(17)25)21-14-6-10-15(26-2)11-7-14/h4-11H,3,12H2,1-2H3,(H3,21,22,23,24,25). The number of aromatic hydroxyl groups is 1. The molecule has 0 fully saturated rings. The number of hydrogen-bond acceptors (Lipinski definition) is 6. The summed E-state index contributed by atoms with van der Waals surface area (Å²) >= 11 is 0. The highest BCUT2D eigenvalue weighted by molar-refractivity contribution is 5.55. The predicted molar refractivity (Wildman–Crippen MR) is 103 cm³/mol. The van der Waals surface area contributed by atoms with Crippen LogP contribution in [0.4, 0.5) is 11.6 Å². The Bertz CT molecular complexity index is 950. The van der Waals surface area contributed by atoms with Crippen LogP contribution in [-0.2, 0) is 6.42 Å². The predicted octanol–water partition coefficient (Wildman–Crippen LogP) is 3.22. The molecule has 0 spiro atoms. The molecule has 3 aromatic rings. The highest BCUT2D eigenvalue weighted by Gasteiger charge is 2.12. The molecule has 1 aromatic heterocycles. The second-order valence-corrected chi connectivity index (χ2v) is 5.82. The van der Waals surface area contributed by atoms with E-state index in [9.17, 15) is 9.90 Å². The smallest absolute Gasteiger partial charge is 0.259 e. The van der Waals surface area contributed by atoms with Crippen molar-refractivity contribution in [2.75, 3.05) is 19.0 Å². The molecular weight excluding hydrogens is 346 g/mol. The summed E-state index contributed by atoms with van der Waals surface area (Å²) in [6.07, 6.45) is 0.267. The lowest BCUT2D eigenvalue weighted by molar-refractivity contribution is 0.340. The van der Waals surface area contributed by atoms with Crippen LogP contribution in [0.1, 0.15) is 18.1 Å². The van der Waals surface area contributed by atoms with Gasteiger partial charge in [0, 0.05) is 12.1 Å². The van der Waals surface area contributed by atoms with Gasteiger partial charge in [0.25, 0.3) is 5.56 Å². The Labute approximate surface area is 156 Å². The quantitative estimate of drug-likeness (QED) is 0.593.